The minimum atomic E-state index is -0.948. The fourth-order valence-electron chi connectivity index (χ4n) is 13.0. The van der Waals surface area contributed by atoms with Crippen LogP contribution in [0.4, 0.5) is 28.4 Å². The van der Waals surface area contributed by atoms with E-state index in [4.69, 9.17) is 15.0 Å². The molecule has 0 aromatic heterocycles. The first-order valence-corrected chi connectivity index (χ1v) is 26.1. The molecule has 0 spiro atoms. The van der Waals surface area contributed by atoms with Gasteiger partial charge in [-0.05, 0) is 89.1 Å². The van der Waals surface area contributed by atoms with Crippen LogP contribution in [0.2, 0.25) is 0 Å². The summed E-state index contributed by atoms with van der Waals surface area (Å²) in [6.45, 7) is 15.5. The van der Waals surface area contributed by atoms with E-state index in [9.17, 15) is 29.7 Å². The lowest BCUT2D eigenvalue weighted by Gasteiger charge is -2.39. The number of nitrogens with zero attached hydrogens (tertiary/aromatic N) is 3. The van der Waals surface area contributed by atoms with Gasteiger partial charge in [0.25, 0.3) is 0 Å². The molecule has 0 saturated carbocycles. The average molecular weight is 1030 g/mol. The van der Waals surface area contributed by atoms with Crippen LogP contribution in [0, 0.1) is 0 Å². The lowest BCUT2D eigenvalue weighted by atomic mass is 9.77. The molecule has 0 unspecified atom stereocenters. The molecule has 0 amide bonds. The highest BCUT2D eigenvalue weighted by Crippen LogP contribution is 2.51. The second-order valence-corrected chi connectivity index (χ2v) is 23.4. The first kappa shape index (κ1) is 45.8. The number of hydrogen-bond donors (Lipinski definition) is 8. The molecule has 4 aliphatic heterocycles. The maximum Gasteiger partial charge on any atom is 0.201 e. The Morgan fingerprint density at radius 3 is 1.05 bits per heavy atom. The molecule has 7 aliphatic rings. The molecule has 8 aromatic rings. The number of hydrogen-bond acceptors (Lipinski definition) is 14. The van der Waals surface area contributed by atoms with Gasteiger partial charge in [-0.2, -0.15) is 0 Å². The largest absolute Gasteiger partial charge is 0.506 e. The van der Waals surface area contributed by atoms with E-state index in [0.717, 1.165) is 43.7 Å². The van der Waals surface area contributed by atoms with Gasteiger partial charge in [-0.1, -0.05) is 97.1 Å². The van der Waals surface area contributed by atoms with Gasteiger partial charge in [-0.25, -0.2) is 0 Å². The summed E-state index contributed by atoms with van der Waals surface area (Å²) >= 11 is 0. The molecule has 14 heteroatoms. The number of carbonyl (C=O) groups is 3. The maximum absolute atomic E-state index is 14.9. The summed E-state index contributed by atoms with van der Waals surface area (Å²) in [6.07, 6.45) is 0. The number of nitrogens with one attached hydrogen (secondary N) is 5. The molecule has 0 bridgehead atoms. The van der Waals surface area contributed by atoms with Crippen molar-refractivity contribution in [1.82, 2.24) is 0 Å². The van der Waals surface area contributed by atoms with E-state index in [1.165, 1.54) is 0 Å². The van der Waals surface area contributed by atoms with Crippen molar-refractivity contribution in [2.24, 2.45) is 15.0 Å². The van der Waals surface area contributed by atoms with Gasteiger partial charge in [0.05, 0.1) is 66.6 Å². The molecule has 4 heterocycles. The summed E-state index contributed by atoms with van der Waals surface area (Å²) in [5, 5.41) is 63.8. The molecule has 0 saturated heterocycles. The Labute approximate surface area is 444 Å². The number of aliphatic hydroxyl groups excluding tert-OH is 3. The highest BCUT2D eigenvalue weighted by atomic mass is 16.3. The van der Waals surface area contributed by atoms with E-state index in [2.05, 4.69) is 26.6 Å². The Morgan fingerprint density at radius 1 is 0.346 bits per heavy atom. The molecule has 14 nitrogen and oxygen atoms in total. The Kier molecular flexibility index (Phi) is 8.62. The van der Waals surface area contributed by atoms with Crippen LogP contribution in [-0.4, -0.2) is 55.3 Å². The van der Waals surface area contributed by atoms with Crippen LogP contribution in [-0.2, 0) is 14.4 Å². The second-order valence-electron chi connectivity index (χ2n) is 23.4. The molecule has 8 N–H and O–H groups in total. The normalized spacial score (nSPS) is 21.6. The lowest BCUT2D eigenvalue weighted by Crippen LogP contribution is -2.44. The van der Waals surface area contributed by atoms with Crippen LogP contribution in [0.1, 0.15) is 72.1 Å². The van der Waals surface area contributed by atoms with Gasteiger partial charge in [0.1, 0.15) is 39.9 Å². The topological polar surface area (TPSA) is 209 Å². The monoisotopic (exact) mass is 1030 g/mol. The van der Waals surface area contributed by atoms with Crippen molar-refractivity contribution in [1.29, 1.82) is 0 Å². The van der Waals surface area contributed by atoms with E-state index < -0.39 is 22.7 Å². The van der Waals surface area contributed by atoms with E-state index in [1.54, 1.807) is 6.07 Å². The number of benzene rings is 8. The molecule has 0 atom stereocenters. The second kappa shape index (κ2) is 14.7. The summed E-state index contributed by atoms with van der Waals surface area (Å²) in [6, 6.07) is 34.3. The third-order valence-electron chi connectivity index (χ3n) is 16.1. The minimum Gasteiger partial charge on any atom is -0.506 e. The molecule has 15 rings (SSSR count). The molecular formula is C64H50N8O6. The van der Waals surface area contributed by atoms with Gasteiger partial charge in [0.2, 0.25) is 17.3 Å². The molecular weight excluding hydrogens is 977 g/mol. The quantitative estimate of drug-likeness (QED) is 0.0844. The zero-order chi connectivity index (χ0) is 54.0. The first-order chi connectivity index (χ1) is 37.1. The molecule has 0 radical (unpaired) electrons. The average Bonchev–Trinajstić information content (AvgIpc) is 3.57. The predicted octanol–water partition coefficient (Wildman–Crippen LogP) is 8.32. The standard InChI is InChI=1S/C64H50N8O6/c1-61(2)65-37-13-9-11-27-15-21-31(49(67-61)39(27)37)43-55(73)45(56(43)74)33-23-17-29-19-25-35(53-41(29)51(33)69-63(5,6)71-53)47-59(77)48(60(47)78)36-26-20-30-18-24-34(52-42(30)54(36)72-64(7,8)70-52)46-57(75)44(58(46)76)32-22-16-28-12-10-14-38-40(28)50(32)68-62(3,4)66-38/h9-26,65-66,69-71,73,75,77H,1-8H3/b43-31-,44-32-,48-36-. The number of allylic oxidation sites excluding steroid dienone is 6. The van der Waals surface area contributed by atoms with Crippen molar-refractivity contribution in [3.63, 3.8) is 0 Å². The molecule has 78 heavy (non-hydrogen) atoms. The predicted molar refractivity (Wildman–Crippen MR) is 306 cm³/mol. The van der Waals surface area contributed by atoms with Crippen LogP contribution in [0.3, 0.4) is 0 Å². The molecule has 8 aromatic carbocycles. The zero-order valence-corrected chi connectivity index (χ0v) is 43.8. The lowest BCUT2D eigenvalue weighted by molar-refractivity contribution is -0.110. The summed E-state index contributed by atoms with van der Waals surface area (Å²) in [5.74, 6) is -1.50. The Hall–Kier alpha value is -9.56. The molecule has 0 fully saturated rings. The zero-order valence-electron chi connectivity index (χ0n) is 43.8. The third kappa shape index (κ3) is 6.07. The van der Waals surface area contributed by atoms with Crippen LogP contribution in [0.5, 0.6) is 0 Å². The SMILES string of the molecule is CC1(C)N=c2/c(=C3\C(=O)C(c4ccc5ccc(C6=C(O)/C(=c7\ccc8ccc(C9=C(O)/C(=c%10\ccc%11cccc%12c%11c%10=NC(C)(C)N%12)C9=O)c9c8c7=NC(C)(C)N9)C6=O)c6c5c4NC(C)(C)N6)=C3O)ccc3cccc(c23)N1. The van der Waals surface area contributed by atoms with Crippen molar-refractivity contribution in [2.75, 3.05) is 26.6 Å². The third-order valence-corrected chi connectivity index (χ3v) is 16.1. The van der Waals surface area contributed by atoms with Gasteiger partial charge in [0, 0.05) is 65.3 Å². The number of Topliss-reactive ketones (excluding diaryl/α,β-unsaturated/α-hetero) is 3. The van der Waals surface area contributed by atoms with Gasteiger partial charge >= 0.3 is 0 Å². The van der Waals surface area contributed by atoms with Gasteiger partial charge in [-0.15, -0.1) is 0 Å². The molecule has 382 valence electrons. The Balaban J connectivity index is 0.882. The highest BCUT2D eigenvalue weighted by molar-refractivity contribution is 6.54. The van der Waals surface area contributed by atoms with Crippen molar-refractivity contribution in [3.05, 3.63) is 175 Å². The van der Waals surface area contributed by atoms with Crippen molar-refractivity contribution in [2.45, 2.75) is 78.0 Å². The van der Waals surface area contributed by atoms with Crippen LogP contribution < -0.4 is 58.3 Å². The summed E-state index contributed by atoms with van der Waals surface area (Å²) < 4.78 is 0. The van der Waals surface area contributed by atoms with Crippen molar-refractivity contribution < 1.29 is 29.7 Å². The van der Waals surface area contributed by atoms with Crippen molar-refractivity contribution >= 4 is 122 Å². The number of aliphatic hydroxyl groups is 3. The summed E-state index contributed by atoms with van der Waals surface area (Å²) in [5.41, 5.74) is 2.85. The van der Waals surface area contributed by atoms with Crippen LogP contribution in [0.15, 0.2) is 141 Å². The number of anilines is 5. The summed E-state index contributed by atoms with van der Waals surface area (Å²) in [4.78, 5) is 59.2. The number of carbonyl (C=O) groups excluding carboxylic acids is 3. The van der Waals surface area contributed by atoms with Gasteiger partial charge in [0.15, 0.2) is 0 Å². The maximum atomic E-state index is 14.9. The number of ketones is 3. The minimum absolute atomic E-state index is 0.0985. The van der Waals surface area contributed by atoms with Crippen LogP contribution in [0.25, 0.3) is 76.5 Å². The number of rotatable bonds is 3. The Morgan fingerprint density at radius 2 is 0.667 bits per heavy atom. The Bertz CT molecular complexity index is 4920. The van der Waals surface area contributed by atoms with Crippen molar-refractivity contribution in [3.8, 4) is 0 Å². The molecule has 3 aliphatic carbocycles. The highest BCUT2D eigenvalue weighted by Gasteiger charge is 2.44. The van der Waals surface area contributed by atoms with E-state index >= 15 is 0 Å². The van der Waals surface area contributed by atoms with E-state index in [0.29, 0.717) is 76.3 Å². The van der Waals surface area contributed by atoms with Gasteiger partial charge < -0.3 is 41.9 Å². The van der Waals surface area contributed by atoms with E-state index in [-0.39, 0.29) is 68.1 Å². The summed E-state index contributed by atoms with van der Waals surface area (Å²) in [7, 11) is 0. The van der Waals surface area contributed by atoms with Gasteiger partial charge in [-0.3, -0.25) is 29.4 Å². The fourth-order valence-corrected chi connectivity index (χ4v) is 13.0. The van der Waals surface area contributed by atoms with E-state index in [1.807, 2.05) is 159 Å². The first-order valence-electron chi connectivity index (χ1n) is 26.1. The fraction of sp³-hybridized carbons (Fsp3) is 0.188. The van der Waals surface area contributed by atoms with Crippen LogP contribution >= 0.6 is 0 Å². The smallest absolute Gasteiger partial charge is 0.201 e.